The molecule has 3 nitrogen and oxygen atoms in total. The van der Waals surface area contributed by atoms with E-state index < -0.39 is 0 Å². The summed E-state index contributed by atoms with van der Waals surface area (Å²) in [6.07, 6.45) is 4.38. The molecule has 114 valence electrons. The molecule has 21 heavy (non-hydrogen) atoms. The average Bonchev–Trinajstić information content (AvgIpc) is 2.81. The van der Waals surface area contributed by atoms with Crippen LogP contribution < -0.4 is 5.73 Å². The molecule has 2 N–H and O–H groups in total. The van der Waals surface area contributed by atoms with E-state index >= 15 is 0 Å². The van der Waals surface area contributed by atoms with Gasteiger partial charge < -0.3 is 10.3 Å². The monoisotopic (exact) mass is 305 g/mol. The Morgan fingerprint density at radius 2 is 2.00 bits per heavy atom. The summed E-state index contributed by atoms with van der Waals surface area (Å²) in [5.41, 5.74) is 8.55. The second kappa shape index (κ2) is 5.29. The van der Waals surface area contributed by atoms with Crippen LogP contribution in [-0.4, -0.2) is 9.55 Å². The van der Waals surface area contributed by atoms with Crippen molar-refractivity contribution >= 4 is 22.6 Å². The van der Waals surface area contributed by atoms with Crippen molar-refractivity contribution in [1.82, 2.24) is 9.55 Å². The van der Waals surface area contributed by atoms with E-state index in [4.69, 9.17) is 22.3 Å². The minimum atomic E-state index is -0.303. The van der Waals surface area contributed by atoms with Gasteiger partial charge in [-0.2, -0.15) is 0 Å². The number of hydrogen-bond donors (Lipinski definition) is 1. The highest BCUT2D eigenvalue weighted by molar-refractivity contribution is 6.31. The first-order valence-electron chi connectivity index (χ1n) is 7.87. The third kappa shape index (κ3) is 2.58. The van der Waals surface area contributed by atoms with E-state index in [9.17, 15) is 0 Å². The second-order valence-electron chi connectivity index (χ2n) is 6.87. The van der Waals surface area contributed by atoms with Gasteiger partial charge in [0.2, 0.25) is 0 Å². The molecule has 1 aliphatic carbocycles. The van der Waals surface area contributed by atoms with E-state index in [1.54, 1.807) is 0 Å². The minimum Gasteiger partial charge on any atom is -0.324 e. The molecule has 0 atom stereocenters. The molecule has 1 fully saturated rings. The van der Waals surface area contributed by atoms with Gasteiger partial charge in [-0.1, -0.05) is 18.5 Å². The van der Waals surface area contributed by atoms with Crippen molar-refractivity contribution in [3.8, 4) is 0 Å². The third-order valence-electron chi connectivity index (χ3n) is 4.78. The Labute approximate surface area is 131 Å². The van der Waals surface area contributed by atoms with E-state index in [1.165, 1.54) is 12.8 Å². The lowest BCUT2D eigenvalue weighted by atomic mass is 9.77. The molecule has 3 rings (SSSR count). The van der Waals surface area contributed by atoms with Gasteiger partial charge in [0.15, 0.2) is 0 Å². The largest absolute Gasteiger partial charge is 0.324 e. The molecule has 1 heterocycles. The maximum atomic E-state index is 6.77. The number of nitrogens with zero attached hydrogens (tertiary/aromatic N) is 2. The smallest absolute Gasteiger partial charge is 0.130 e. The molecule has 0 amide bonds. The minimum absolute atomic E-state index is 0.303. The Bertz CT molecular complexity index is 651. The standard InChI is InChI=1S/C17H24ClN3/c1-11(2)21-15-5-4-13(18)10-14(15)20-16(21)17(19)8-6-12(3)7-9-17/h4-5,10-12H,6-9,19H2,1-3H3. The Hall–Kier alpha value is -1.06. The summed E-state index contributed by atoms with van der Waals surface area (Å²) in [7, 11) is 0. The molecule has 1 saturated carbocycles. The topological polar surface area (TPSA) is 43.8 Å². The van der Waals surface area contributed by atoms with Gasteiger partial charge >= 0.3 is 0 Å². The highest BCUT2D eigenvalue weighted by Crippen LogP contribution is 2.39. The zero-order chi connectivity index (χ0) is 15.2. The highest BCUT2D eigenvalue weighted by atomic mass is 35.5. The lowest BCUT2D eigenvalue weighted by Gasteiger charge is -2.36. The molecule has 0 bridgehead atoms. The van der Waals surface area contributed by atoms with Crippen LogP contribution in [0.2, 0.25) is 5.02 Å². The SMILES string of the molecule is CC1CCC(N)(c2nc3cc(Cl)ccc3n2C(C)C)CC1. The van der Waals surface area contributed by atoms with E-state index in [0.717, 1.165) is 40.6 Å². The number of nitrogens with two attached hydrogens (primary N) is 1. The van der Waals surface area contributed by atoms with Gasteiger partial charge in [-0.15, -0.1) is 0 Å². The third-order valence-corrected chi connectivity index (χ3v) is 5.01. The van der Waals surface area contributed by atoms with Gasteiger partial charge in [0.25, 0.3) is 0 Å². The summed E-state index contributed by atoms with van der Waals surface area (Å²) in [6, 6.07) is 6.27. The van der Waals surface area contributed by atoms with Crippen molar-refractivity contribution in [2.24, 2.45) is 11.7 Å². The molecular weight excluding hydrogens is 282 g/mol. The number of hydrogen-bond acceptors (Lipinski definition) is 2. The van der Waals surface area contributed by atoms with Crippen molar-refractivity contribution in [2.45, 2.75) is 58.0 Å². The van der Waals surface area contributed by atoms with Crippen molar-refractivity contribution < 1.29 is 0 Å². The van der Waals surface area contributed by atoms with Gasteiger partial charge in [0.05, 0.1) is 16.6 Å². The Kier molecular flexibility index (Phi) is 3.74. The van der Waals surface area contributed by atoms with Crippen LogP contribution in [0.4, 0.5) is 0 Å². The number of fused-ring (bicyclic) bond motifs is 1. The molecule has 2 aromatic rings. The lowest BCUT2D eigenvalue weighted by molar-refractivity contribution is 0.229. The van der Waals surface area contributed by atoms with E-state index in [-0.39, 0.29) is 5.54 Å². The van der Waals surface area contributed by atoms with Crippen molar-refractivity contribution in [2.75, 3.05) is 0 Å². The first-order chi connectivity index (χ1) is 9.90. The molecule has 0 aliphatic heterocycles. The first-order valence-corrected chi connectivity index (χ1v) is 8.25. The Morgan fingerprint density at radius 3 is 2.62 bits per heavy atom. The van der Waals surface area contributed by atoms with Crippen LogP contribution in [0.25, 0.3) is 11.0 Å². The van der Waals surface area contributed by atoms with E-state index in [0.29, 0.717) is 6.04 Å². The molecular formula is C17H24ClN3. The second-order valence-corrected chi connectivity index (χ2v) is 7.31. The van der Waals surface area contributed by atoms with Crippen molar-refractivity contribution in [1.29, 1.82) is 0 Å². The van der Waals surface area contributed by atoms with Gasteiger partial charge in [-0.3, -0.25) is 0 Å². The number of benzene rings is 1. The summed E-state index contributed by atoms with van der Waals surface area (Å²) in [5, 5.41) is 0.728. The summed E-state index contributed by atoms with van der Waals surface area (Å²) < 4.78 is 2.29. The molecule has 4 heteroatoms. The molecule has 0 unspecified atom stereocenters. The predicted octanol–water partition coefficient (Wildman–Crippen LogP) is 4.63. The number of halogens is 1. The number of rotatable bonds is 2. The van der Waals surface area contributed by atoms with Crippen LogP contribution in [-0.2, 0) is 5.54 Å². The van der Waals surface area contributed by atoms with Crippen LogP contribution in [0.3, 0.4) is 0 Å². The van der Waals surface area contributed by atoms with Crippen molar-refractivity contribution in [3.63, 3.8) is 0 Å². The zero-order valence-electron chi connectivity index (χ0n) is 13.1. The predicted molar refractivity (Wildman–Crippen MR) is 88.6 cm³/mol. The fourth-order valence-corrected chi connectivity index (χ4v) is 3.61. The molecule has 1 aromatic carbocycles. The zero-order valence-corrected chi connectivity index (χ0v) is 13.8. The van der Waals surface area contributed by atoms with Gasteiger partial charge in [0.1, 0.15) is 5.82 Å². The molecule has 0 saturated heterocycles. The van der Waals surface area contributed by atoms with Gasteiger partial charge in [0, 0.05) is 11.1 Å². The quantitative estimate of drug-likeness (QED) is 0.878. The van der Waals surface area contributed by atoms with Crippen molar-refractivity contribution in [3.05, 3.63) is 29.0 Å². The fraction of sp³-hybridized carbons (Fsp3) is 0.588. The average molecular weight is 306 g/mol. The molecule has 1 aromatic heterocycles. The number of aromatic nitrogens is 2. The molecule has 1 aliphatic rings. The summed E-state index contributed by atoms with van der Waals surface area (Å²) in [4.78, 5) is 4.87. The van der Waals surface area contributed by atoms with E-state index in [1.807, 2.05) is 12.1 Å². The molecule has 0 spiro atoms. The van der Waals surface area contributed by atoms with Gasteiger partial charge in [-0.25, -0.2) is 4.98 Å². The summed E-state index contributed by atoms with van der Waals surface area (Å²) >= 11 is 6.12. The Morgan fingerprint density at radius 1 is 1.33 bits per heavy atom. The fourth-order valence-electron chi connectivity index (χ4n) is 3.45. The van der Waals surface area contributed by atoms with Crippen LogP contribution in [0.1, 0.15) is 58.3 Å². The van der Waals surface area contributed by atoms with Crippen LogP contribution in [0.5, 0.6) is 0 Å². The van der Waals surface area contributed by atoms with Crippen LogP contribution >= 0.6 is 11.6 Å². The Balaban J connectivity index is 2.15. The maximum Gasteiger partial charge on any atom is 0.130 e. The van der Waals surface area contributed by atoms with Crippen LogP contribution in [0, 0.1) is 5.92 Å². The highest BCUT2D eigenvalue weighted by Gasteiger charge is 2.36. The summed E-state index contributed by atoms with van der Waals surface area (Å²) in [5.74, 6) is 1.80. The summed E-state index contributed by atoms with van der Waals surface area (Å²) in [6.45, 7) is 6.69. The first kappa shape index (κ1) is 14.9. The molecule has 0 radical (unpaired) electrons. The van der Waals surface area contributed by atoms with Crippen LogP contribution in [0.15, 0.2) is 18.2 Å². The van der Waals surface area contributed by atoms with E-state index in [2.05, 4.69) is 31.4 Å². The number of imidazole rings is 1. The maximum absolute atomic E-state index is 6.77. The normalized spacial score (nSPS) is 26.7. The lowest BCUT2D eigenvalue weighted by Crippen LogP contribution is -2.42. The van der Waals surface area contributed by atoms with Gasteiger partial charge in [-0.05, 0) is 63.6 Å².